The summed E-state index contributed by atoms with van der Waals surface area (Å²) in [5.41, 5.74) is 7.28. The van der Waals surface area contributed by atoms with Gasteiger partial charge in [0.25, 0.3) is 0 Å². The van der Waals surface area contributed by atoms with Crippen LogP contribution in [0.25, 0.3) is 0 Å². The quantitative estimate of drug-likeness (QED) is 0.359. The van der Waals surface area contributed by atoms with Gasteiger partial charge in [0.1, 0.15) is 0 Å². The summed E-state index contributed by atoms with van der Waals surface area (Å²) in [5, 5.41) is 0. The molecule has 0 fully saturated rings. The van der Waals surface area contributed by atoms with Gasteiger partial charge in [0.05, 0.1) is 0 Å². The molecule has 0 aromatic carbocycles. The first-order valence-corrected chi connectivity index (χ1v) is 10.2. The van der Waals surface area contributed by atoms with Gasteiger partial charge in [-0.2, -0.15) is 11.8 Å². The summed E-state index contributed by atoms with van der Waals surface area (Å²) in [6.45, 7) is 17.3. The van der Waals surface area contributed by atoms with Crippen LogP contribution in [0, 0.1) is 13.8 Å². The van der Waals surface area contributed by atoms with Crippen LogP contribution in [-0.4, -0.2) is 23.0 Å². The number of nitrogens with zero attached hydrogens (tertiary/aromatic N) is 2. The Bertz CT molecular complexity index is 689. The molecule has 0 N–H and O–H groups in total. The summed E-state index contributed by atoms with van der Waals surface area (Å²) in [7, 11) is 1.81. The van der Waals surface area contributed by atoms with Crippen LogP contribution in [0.3, 0.4) is 0 Å². The molecule has 2 nitrogen and oxygen atoms in total. The van der Waals surface area contributed by atoms with Crippen LogP contribution in [0.5, 0.6) is 0 Å². The molecule has 0 aliphatic carbocycles. The summed E-state index contributed by atoms with van der Waals surface area (Å²) in [6.07, 6.45) is 8.11. The smallest absolute Gasteiger partial charge is 0.0378 e. The molecule has 26 heavy (non-hydrogen) atoms. The van der Waals surface area contributed by atoms with Crippen molar-refractivity contribution in [2.24, 2.45) is 4.99 Å². The van der Waals surface area contributed by atoms with E-state index in [1.165, 1.54) is 22.3 Å². The first-order valence-electron chi connectivity index (χ1n) is 9.19. The molecular formula is C23H34N2S. The highest BCUT2D eigenvalue weighted by atomic mass is 32.2. The van der Waals surface area contributed by atoms with Crippen molar-refractivity contribution in [3.8, 4) is 0 Å². The Hall–Kier alpha value is -1.61. The fourth-order valence-electron chi connectivity index (χ4n) is 2.97. The highest BCUT2D eigenvalue weighted by molar-refractivity contribution is 7.99. The number of aromatic nitrogens is 1. The van der Waals surface area contributed by atoms with Crippen LogP contribution >= 0.6 is 11.8 Å². The molecule has 3 heteroatoms. The van der Waals surface area contributed by atoms with E-state index in [4.69, 9.17) is 0 Å². The van der Waals surface area contributed by atoms with E-state index in [1.807, 2.05) is 25.0 Å². The number of aliphatic imine (C=N–C) groups is 1. The Morgan fingerprint density at radius 1 is 1.19 bits per heavy atom. The summed E-state index contributed by atoms with van der Waals surface area (Å²) in [5.74, 6) is 1.00. The molecule has 0 saturated heterocycles. The van der Waals surface area contributed by atoms with Crippen molar-refractivity contribution in [1.82, 2.24) is 4.98 Å². The standard InChI is InChI=1S/C23H34N2S/c1-9-20(15-24-8)11-17(3)22(10-2)14-23(6,7)26-16-21-12-18(4)25-19(5)13-21/h9-10,12-13,15H,3,11,14,16H2,1-2,4-8H3/b20-9-,22-10-,24-15?. The average molecular weight is 371 g/mol. The summed E-state index contributed by atoms with van der Waals surface area (Å²) in [6, 6.07) is 4.38. The van der Waals surface area contributed by atoms with Gasteiger partial charge >= 0.3 is 0 Å². The van der Waals surface area contributed by atoms with Crippen LogP contribution in [0.15, 0.2) is 52.6 Å². The van der Waals surface area contributed by atoms with Gasteiger partial charge in [0, 0.05) is 35.2 Å². The van der Waals surface area contributed by atoms with Crippen molar-refractivity contribution in [3.63, 3.8) is 0 Å². The van der Waals surface area contributed by atoms with Gasteiger partial charge in [-0.05, 0) is 75.0 Å². The predicted octanol–water partition coefficient (Wildman–Crippen LogP) is 6.64. The maximum absolute atomic E-state index is 4.47. The third-order valence-electron chi connectivity index (χ3n) is 4.27. The minimum Gasteiger partial charge on any atom is -0.296 e. The molecule has 0 spiro atoms. The molecule has 0 aliphatic rings. The number of hydrogen-bond donors (Lipinski definition) is 0. The van der Waals surface area contributed by atoms with E-state index in [-0.39, 0.29) is 4.75 Å². The molecule has 1 aromatic rings. The van der Waals surface area contributed by atoms with Crippen molar-refractivity contribution >= 4 is 18.0 Å². The SMILES string of the molecule is C=C(C/C(C=NC)=C/C)/C(=C\C)CC(C)(C)SCc1cc(C)nc(C)c1. The Labute approximate surface area is 164 Å². The Morgan fingerprint density at radius 3 is 2.31 bits per heavy atom. The Morgan fingerprint density at radius 2 is 1.81 bits per heavy atom. The summed E-state index contributed by atoms with van der Waals surface area (Å²) in [4.78, 5) is 8.60. The van der Waals surface area contributed by atoms with Gasteiger partial charge < -0.3 is 0 Å². The normalized spacial score (nSPS) is 13.5. The van der Waals surface area contributed by atoms with Gasteiger partial charge in [-0.3, -0.25) is 9.98 Å². The van der Waals surface area contributed by atoms with Crippen LogP contribution in [-0.2, 0) is 5.75 Å². The summed E-state index contributed by atoms with van der Waals surface area (Å²) >= 11 is 1.99. The van der Waals surface area contributed by atoms with Crippen molar-refractivity contribution < 1.29 is 0 Å². The summed E-state index contributed by atoms with van der Waals surface area (Å²) < 4.78 is 0.144. The predicted molar refractivity (Wildman–Crippen MR) is 119 cm³/mol. The molecule has 0 amide bonds. The molecule has 0 saturated carbocycles. The van der Waals surface area contributed by atoms with Crippen LogP contribution in [0.1, 0.15) is 57.5 Å². The average Bonchev–Trinajstić information content (AvgIpc) is 2.56. The first-order chi connectivity index (χ1) is 12.2. The van der Waals surface area contributed by atoms with Crippen LogP contribution < -0.4 is 0 Å². The van der Waals surface area contributed by atoms with Crippen molar-refractivity contribution in [3.05, 3.63) is 64.5 Å². The van der Waals surface area contributed by atoms with Crippen LogP contribution in [0.4, 0.5) is 0 Å². The molecule has 0 aliphatic heterocycles. The van der Waals surface area contributed by atoms with Crippen LogP contribution in [0.2, 0.25) is 0 Å². The van der Waals surface area contributed by atoms with Gasteiger partial charge in [-0.1, -0.05) is 32.6 Å². The number of pyridine rings is 1. The Kier molecular flexibility index (Phi) is 9.07. The largest absolute Gasteiger partial charge is 0.296 e. The fourth-order valence-corrected chi connectivity index (χ4v) is 3.95. The molecule has 0 unspecified atom stereocenters. The van der Waals surface area contributed by atoms with E-state index in [0.29, 0.717) is 0 Å². The van der Waals surface area contributed by atoms with E-state index >= 15 is 0 Å². The number of rotatable bonds is 9. The highest BCUT2D eigenvalue weighted by Gasteiger charge is 2.21. The Balaban J connectivity index is 2.74. The van der Waals surface area contributed by atoms with Crippen molar-refractivity contribution in [2.45, 2.75) is 64.9 Å². The number of allylic oxidation sites excluding steroid dienone is 5. The van der Waals surface area contributed by atoms with E-state index in [1.54, 1.807) is 0 Å². The van der Waals surface area contributed by atoms with Gasteiger partial charge in [-0.15, -0.1) is 0 Å². The molecule has 0 bridgehead atoms. The minimum atomic E-state index is 0.144. The third-order valence-corrected chi connectivity index (χ3v) is 5.68. The van der Waals surface area contributed by atoms with Gasteiger partial charge in [-0.25, -0.2) is 0 Å². The minimum absolute atomic E-state index is 0.144. The number of thioether (sulfide) groups is 1. The lowest BCUT2D eigenvalue weighted by atomic mass is 9.92. The molecule has 1 heterocycles. The maximum atomic E-state index is 4.47. The molecular weight excluding hydrogens is 336 g/mol. The monoisotopic (exact) mass is 370 g/mol. The lowest BCUT2D eigenvalue weighted by molar-refractivity contribution is 0.702. The van der Waals surface area contributed by atoms with Crippen molar-refractivity contribution in [2.75, 3.05) is 7.05 Å². The van der Waals surface area contributed by atoms with Crippen molar-refractivity contribution in [1.29, 1.82) is 0 Å². The second-order valence-electron chi connectivity index (χ2n) is 7.33. The third kappa shape index (κ3) is 7.74. The zero-order valence-corrected chi connectivity index (χ0v) is 18.3. The number of aryl methyl sites for hydroxylation is 2. The number of hydrogen-bond acceptors (Lipinski definition) is 3. The lowest BCUT2D eigenvalue weighted by Gasteiger charge is -2.27. The highest BCUT2D eigenvalue weighted by Crippen LogP contribution is 2.36. The molecule has 0 atom stereocenters. The zero-order valence-electron chi connectivity index (χ0n) is 17.5. The van der Waals surface area contributed by atoms with E-state index in [9.17, 15) is 0 Å². The van der Waals surface area contributed by atoms with E-state index < -0.39 is 0 Å². The topological polar surface area (TPSA) is 25.2 Å². The van der Waals surface area contributed by atoms with E-state index in [2.05, 4.69) is 82.4 Å². The molecule has 142 valence electrons. The fraction of sp³-hybridized carbons (Fsp3) is 0.478. The second-order valence-corrected chi connectivity index (χ2v) is 9.01. The molecule has 1 rings (SSSR count). The molecule has 0 radical (unpaired) electrons. The lowest BCUT2D eigenvalue weighted by Crippen LogP contribution is -2.17. The molecule has 1 aromatic heterocycles. The van der Waals surface area contributed by atoms with Gasteiger partial charge in [0.15, 0.2) is 0 Å². The maximum Gasteiger partial charge on any atom is 0.0378 e. The first kappa shape index (κ1) is 22.4. The second kappa shape index (κ2) is 10.5. The zero-order chi connectivity index (χ0) is 19.7. The van der Waals surface area contributed by atoms with E-state index in [0.717, 1.165) is 30.0 Å². The van der Waals surface area contributed by atoms with Gasteiger partial charge in [0.2, 0.25) is 0 Å².